The van der Waals surface area contributed by atoms with Gasteiger partial charge < -0.3 is 15.6 Å². The van der Waals surface area contributed by atoms with Crippen molar-refractivity contribution in [3.63, 3.8) is 0 Å². The Morgan fingerprint density at radius 3 is 2.96 bits per heavy atom. The molecule has 1 amide bonds. The summed E-state index contributed by atoms with van der Waals surface area (Å²) in [6.45, 7) is 2.84. The van der Waals surface area contributed by atoms with E-state index in [1.807, 2.05) is 31.2 Å². The molecule has 6 nitrogen and oxygen atoms in total. The summed E-state index contributed by atoms with van der Waals surface area (Å²) in [7, 11) is 0. The Bertz CT molecular complexity index is 779. The largest absolute Gasteiger partial charge is 0.325 e. The van der Waals surface area contributed by atoms with Crippen LogP contribution in [0.3, 0.4) is 0 Å². The zero-order valence-corrected chi connectivity index (χ0v) is 13.8. The van der Waals surface area contributed by atoms with Crippen molar-refractivity contribution >= 4 is 11.6 Å². The SMILES string of the molecule is CCc1cc(=O)[nH]c(-c2cccc(NC(=O)C3CCCCN3)c2)n1. The van der Waals surface area contributed by atoms with Crippen LogP contribution in [0.1, 0.15) is 31.9 Å². The zero-order chi connectivity index (χ0) is 16.9. The van der Waals surface area contributed by atoms with Crippen LogP contribution >= 0.6 is 0 Å². The van der Waals surface area contributed by atoms with Gasteiger partial charge in [-0.25, -0.2) is 4.98 Å². The molecule has 1 aromatic heterocycles. The van der Waals surface area contributed by atoms with Crippen LogP contribution in [0.25, 0.3) is 11.4 Å². The van der Waals surface area contributed by atoms with Gasteiger partial charge in [0.2, 0.25) is 5.91 Å². The van der Waals surface area contributed by atoms with Gasteiger partial charge in [-0.3, -0.25) is 9.59 Å². The molecule has 1 aliphatic heterocycles. The maximum absolute atomic E-state index is 12.3. The first-order valence-electron chi connectivity index (χ1n) is 8.40. The summed E-state index contributed by atoms with van der Waals surface area (Å²) in [5, 5.41) is 6.18. The first-order chi connectivity index (χ1) is 11.7. The molecule has 1 aliphatic rings. The second-order valence-corrected chi connectivity index (χ2v) is 6.01. The highest BCUT2D eigenvalue weighted by Gasteiger charge is 2.20. The second-order valence-electron chi connectivity index (χ2n) is 6.01. The fourth-order valence-corrected chi connectivity index (χ4v) is 2.88. The van der Waals surface area contributed by atoms with Crippen molar-refractivity contribution in [3.05, 3.63) is 46.4 Å². The highest BCUT2D eigenvalue weighted by molar-refractivity contribution is 5.95. The molecule has 0 bridgehead atoms. The van der Waals surface area contributed by atoms with E-state index in [0.717, 1.165) is 37.1 Å². The zero-order valence-electron chi connectivity index (χ0n) is 13.8. The number of nitrogens with zero attached hydrogens (tertiary/aromatic N) is 1. The lowest BCUT2D eigenvalue weighted by atomic mass is 10.0. The van der Waals surface area contributed by atoms with E-state index in [-0.39, 0.29) is 17.5 Å². The van der Waals surface area contributed by atoms with Crippen molar-refractivity contribution in [2.45, 2.75) is 38.6 Å². The van der Waals surface area contributed by atoms with Gasteiger partial charge in [0.25, 0.3) is 5.56 Å². The number of hydrogen-bond acceptors (Lipinski definition) is 4. The fourth-order valence-electron chi connectivity index (χ4n) is 2.88. The van der Waals surface area contributed by atoms with Gasteiger partial charge in [0.1, 0.15) is 5.82 Å². The van der Waals surface area contributed by atoms with E-state index in [1.165, 1.54) is 6.07 Å². The molecule has 2 heterocycles. The third-order valence-corrected chi connectivity index (χ3v) is 4.19. The number of benzene rings is 1. The van der Waals surface area contributed by atoms with E-state index in [0.29, 0.717) is 17.9 Å². The molecule has 0 saturated carbocycles. The van der Waals surface area contributed by atoms with Crippen LogP contribution in [0.15, 0.2) is 35.1 Å². The fraction of sp³-hybridized carbons (Fsp3) is 0.389. The van der Waals surface area contributed by atoms with E-state index >= 15 is 0 Å². The summed E-state index contributed by atoms with van der Waals surface area (Å²) in [6, 6.07) is 8.75. The van der Waals surface area contributed by atoms with Crippen LogP contribution in [-0.4, -0.2) is 28.5 Å². The van der Waals surface area contributed by atoms with Crippen LogP contribution in [0.4, 0.5) is 5.69 Å². The smallest absolute Gasteiger partial charge is 0.251 e. The van der Waals surface area contributed by atoms with Crippen LogP contribution in [-0.2, 0) is 11.2 Å². The summed E-state index contributed by atoms with van der Waals surface area (Å²) < 4.78 is 0. The number of carbonyl (C=O) groups excluding carboxylic acids is 1. The topological polar surface area (TPSA) is 86.9 Å². The lowest BCUT2D eigenvalue weighted by Gasteiger charge is -2.22. The number of piperidine rings is 1. The lowest BCUT2D eigenvalue weighted by Crippen LogP contribution is -2.43. The van der Waals surface area contributed by atoms with Gasteiger partial charge in [0.15, 0.2) is 0 Å². The maximum atomic E-state index is 12.3. The molecule has 2 aromatic rings. The molecule has 3 rings (SSSR count). The molecule has 0 aliphatic carbocycles. The number of amides is 1. The van der Waals surface area contributed by atoms with Crippen LogP contribution in [0.2, 0.25) is 0 Å². The molecular weight excluding hydrogens is 304 g/mol. The highest BCUT2D eigenvalue weighted by atomic mass is 16.2. The van der Waals surface area contributed by atoms with Gasteiger partial charge in [-0.1, -0.05) is 25.5 Å². The molecular formula is C18H22N4O2. The minimum absolute atomic E-state index is 0.0180. The van der Waals surface area contributed by atoms with E-state index < -0.39 is 0 Å². The number of H-pyrrole nitrogens is 1. The molecule has 0 radical (unpaired) electrons. The molecule has 24 heavy (non-hydrogen) atoms. The Morgan fingerprint density at radius 2 is 2.21 bits per heavy atom. The van der Waals surface area contributed by atoms with Crippen molar-refractivity contribution in [1.82, 2.24) is 15.3 Å². The summed E-state index contributed by atoms with van der Waals surface area (Å²) in [6.07, 6.45) is 3.74. The first kappa shape index (κ1) is 16.4. The monoisotopic (exact) mass is 326 g/mol. The molecule has 1 saturated heterocycles. The average Bonchev–Trinajstić information content (AvgIpc) is 2.62. The first-order valence-corrected chi connectivity index (χ1v) is 8.40. The van der Waals surface area contributed by atoms with Crippen molar-refractivity contribution in [1.29, 1.82) is 0 Å². The Balaban J connectivity index is 1.80. The predicted octanol–water partition coefficient (Wildman–Crippen LogP) is 2.08. The minimum atomic E-state index is -0.169. The van der Waals surface area contributed by atoms with Gasteiger partial charge in [-0.05, 0) is 37.9 Å². The quantitative estimate of drug-likeness (QED) is 0.803. The summed E-state index contributed by atoms with van der Waals surface area (Å²) >= 11 is 0. The Hall–Kier alpha value is -2.47. The number of aryl methyl sites for hydroxylation is 1. The lowest BCUT2D eigenvalue weighted by molar-refractivity contribution is -0.118. The van der Waals surface area contributed by atoms with Gasteiger partial charge in [-0.15, -0.1) is 0 Å². The molecule has 1 fully saturated rings. The number of aromatic amines is 1. The number of carbonyl (C=O) groups is 1. The summed E-state index contributed by atoms with van der Waals surface area (Å²) in [5.74, 6) is 0.502. The molecule has 6 heteroatoms. The van der Waals surface area contributed by atoms with E-state index in [2.05, 4.69) is 20.6 Å². The number of nitrogens with one attached hydrogen (secondary N) is 3. The van der Waals surface area contributed by atoms with Crippen molar-refractivity contribution in [3.8, 4) is 11.4 Å². The summed E-state index contributed by atoms with van der Waals surface area (Å²) in [4.78, 5) is 31.3. The maximum Gasteiger partial charge on any atom is 0.251 e. The van der Waals surface area contributed by atoms with Crippen molar-refractivity contribution in [2.75, 3.05) is 11.9 Å². The number of aromatic nitrogens is 2. The summed E-state index contributed by atoms with van der Waals surface area (Å²) in [5.41, 5.74) is 2.05. The van der Waals surface area contributed by atoms with Gasteiger partial charge >= 0.3 is 0 Å². The second kappa shape index (κ2) is 7.40. The number of anilines is 1. The third kappa shape index (κ3) is 3.89. The van der Waals surface area contributed by atoms with Crippen LogP contribution in [0.5, 0.6) is 0 Å². The standard InChI is InChI=1S/C18H22N4O2/c1-2-13-11-16(23)22-17(20-13)12-6-5-7-14(10-12)21-18(24)15-8-3-4-9-19-15/h5-7,10-11,15,19H,2-4,8-9H2,1H3,(H,21,24)(H,20,22,23). The minimum Gasteiger partial charge on any atom is -0.325 e. The molecule has 1 unspecified atom stereocenters. The van der Waals surface area contributed by atoms with Crippen LogP contribution < -0.4 is 16.2 Å². The van der Waals surface area contributed by atoms with E-state index in [4.69, 9.17) is 0 Å². The Labute approximate surface area is 140 Å². The molecule has 1 atom stereocenters. The third-order valence-electron chi connectivity index (χ3n) is 4.19. The predicted molar refractivity (Wildman–Crippen MR) is 93.9 cm³/mol. The van der Waals surface area contributed by atoms with Gasteiger partial charge in [-0.2, -0.15) is 0 Å². The molecule has 0 spiro atoms. The van der Waals surface area contributed by atoms with Gasteiger partial charge in [0.05, 0.1) is 6.04 Å². The highest BCUT2D eigenvalue weighted by Crippen LogP contribution is 2.19. The normalized spacial score (nSPS) is 17.5. The Kier molecular flexibility index (Phi) is 5.05. The van der Waals surface area contributed by atoms with E-state index in [9.17, 15) is 9.59 Å². The molecule has 3 N–H and O–H groups in total. The average molecular weight is 326 g/mol. The Morgan fingerprint density at radius 1 is 1.33 bits per heavy atom. The number of hydrogen-bond donors (Lipinski definition) is 3. The van der Waals surface area contributed by atoms with Crippen LogP contribution in [0, 0.1) is 0 Å². The molecule has 1 aromatic carbocycles. The van der Waals surface area contributed by atoms with Crippen molar-refractivity contribution in [2.24, 2.45) is 0 Å². The van der Waals surface area contributed by atoms with Gasteiger partial charge in [0, 0.05) is 23.0 Å². The van der Waals surface area contributed by atoms with Crippen molar-refractivity contribution < 1.29 is 4.79 Å². The number of rotatable bonds is 4. The van der Waals surface area contributed by atoms with E-state index in [1.54, 1.807) is 0 Å². The molecule has 126 valence electrons.